The summed E-state index contributed by atoms with van der Waals surface area (Å²) >= 11 is 0. The highest BCUT2D eigenvalue weighted by molar-refractivity contribution is 6.04. The van der Waals surface area contributed by atoms with E-state index in [1.54, 1.807) is 30.3 Å². The summed E-state index contributed by atoms with van der Waals surface area (Å²) < 4.78 is 18.6. The van der Waals surface area contributed by atoms with Crippen LogP contribution in [-0.4, -0.2) is 16.1 Å². The van der Waals surface area contributed by atoms with E-state index in [0.717, 1.165) is 5.56 Å². The highest BCUT2D eigenvalue weighted by Gasteiger charge is 2.11. The molecule has 0 aliphatic rings. The van der Waals surface area contributed by atoms with Gasteiger partial charge in [0.05, 0.1) is 5.56 Å². The van der Waals surface area contributed by atoms with Crippen LogP contribution in [0.1, 0.15) is 10.4 Å². The van der Waals surface area contributed by atoms with Gasteiger partial charge in [0.25, 0.3) is 5.91 Å². The van der Waals surface area contributed by atoms with Gasteiger partial charge in [0.2, 0.25) is 12.3 Å². The summed E-state index contributed by atoms with van der Waals surface area (Å²) in [6.07, 6.45) is 1.24. The van der Waals surface area contributed by atoms with Gasteiger partial charge in [-0.2, -0.15) is 0 Å². The lowest BCUT2D eigenvalue weighted by atomic mass is 10.1. The molecule has 21 heavy (non-hydrogen) atoms. The molecule has 1 N–H and O–H groups in total. The fourth-order valence-electron chi connectivity index (χ4n) is 1.84. The number of carbonyl (C=O) groups excluding carboxylic acids is 1. The molecule has 0 atom stereocenters. The van der Waals surface area contributed by atoms with E-state index in [1.165, 1.54) is 24.6 Å². The first kappa shape index (κ1) is 13.0. The van der Waals surface area contributed by atoms with Crippen molar-refractivity contribution in [2.24, 2.45) is 0 Å². The van der Waals surface area contributed by atoms with Gasteiger partial charge in [0.15, 0.2) is 0 Å². The van der Waals surface area contributed by atoms with Gasteiger partial charge in [-0.15, -0.1) is 10.2 Å². The summed E-state index contributed by atoms with van der Waals surface area (Å²) in [5.41, 5.74) is 1.28. The first-order valence-electron chi connectivity index (χ1n) is 6.16. The number of anilines is 1. The molecular weight excluding hydrogens is 273 g/mol. The van der Waals surface area contributed by atoms with Gasteiger partial charge in [-0.05, 0) is 36.4 Å². The van der Waals surface area contributed by atoms with E-state index in [1.807, 2.05) is 0 Å². The molecule has 0 aliphatic heterocycles. The third kappa shape index (κ3) is 2.79. The molecule has 2 aromatic carbocycles. The van der Waals surface area contributed by atoms with E-state index in [-0.39, 0.29) is 5.56 Å². The number of aromatic nitrogens is 2. The SMILES string of the molecule is O=C(Nc1ccc(-c2nnco2)cc1)c1ccccc1F. The Morgan fingerprint density at radius 3 is 2.52 bits per heavy atom. The Labute approximate surface area is 119 Å². The van der Waals surface area contributed by atoms with E-state index < -0.39 is 11.7 Å². The molecular formula is C15H10FN3O2. The Bertz CT molecular complexity index is 755. The minimum Gasteiger partial charge on any atom is -0.423 e. The normalized spacial score (nSPS) is 10.3. The monoisotopic (exact) mass is 283 g/mol. The standard InChI is InChI=1S/C15H10FN3O2/c16-13-4-2-1-3-12(13)14(20)18-11-7-5-10(6-8-11)15-19-17-9-21-15/h1-9H,(H,18,20). The predicted molar refractivity (Wildman–Crippen MR) is 74.1 cm³/mol. The van der Waals surface area contributed by atoms with Crippen LogP contribution >= 0.6 is 0 Å². The Balaban J connectivity index is 1.77. The molecule has 3 aromatic rings. The molecule has 5 nitrogen and oxygen atoms in total. The highest BCUT2D eigenvalue weighted by Crippen LogP contribution is 2.19. The smallest absolute Gasteiger partial charge is 0.258 e. The Morgan fingerprint density at radius 2 is 1.86 bits per heavy atom. The van der Waals surface area contributed by atoms with E-state index in [0.29, 0.717) is 11.6 Å². The zero-order valence-corrected chi connectivity index (χ0v) is 10.8. The van der Waals surface area contributed by atoms with Crippen molar-refractivity contribution in [1.82, 2.24) is 10.2 Å². The lowest BCUT2D eigenvalue weighted by Gasteiger charge is -2.06. The minimum absolute atomic E-state index is 0.00141. The van der Waals surface area contributed by atoms with Crippen LogP contribution in [0.15, 0.2) is 59.3 Å². The van der Waals surface area contributed by atoms with Gasteiger partial charge >= 0.3 is 0 Å². The van der Waals surface area contributed by atoms with E-state index >= 15 is 0 Å². The molecule has 0 saturated heterocycles. The predicted octanol–water partition coefficient (Wildman–Crippen LogP) is 3.13. The van der Waals surface area contributed by atoms with Crippen molar-refractivity contribution in [3.8, 4) is 11.5 Å². The average Bonchev–Trinajstić information content (AvgIpc) is 3.02. The second-order valence-electron chi connectivity index (χ2n) is 4.26. The van der Waals surface area contributed by atoms with Crippen LogP contribution in [0.4, 0.5) is 10.1 Å². The molecule has 0 spiro atoms. The zero-order valence-electron chi connectivity index (χ0n) is 10.8. The molecule has 0 saturated carbocycles. The van der Waals surface area contributed by atoms with Gasteiger partial charge in [-0.3, -0.25) is 4.79 Å². The van der Waals surface area contributed by atoms with Crippen LogP contribution in [-0.2, 0) is 0 Å². The van der Waals surface area contributed by atoms with E-state index in [4.69, 9.17) is 4.42 Å². The lowest BCUT2D eigenvalue weighted by Crippen LogP contribution is -2.13. The molecule has 1 aromatic heterocycles. The molecule has 0 radical (unpaired) electrons. The fraction of sp³-hybridized carbons (Fsp3) is 0. The minimum atomic E-state index is -0.558. The Hall–Kier alpha value is -3.02. The summed E-state index contributed by atoms with van der Waals surface area (Å²) in [5.74, 6) is -0.668. The van der Waals surface area contributed by atoms with Gasteiger partial charge in [0, 0.05) is 11.3 Å². The summed E-state index contributed by atoms with van der Waals surface area (Å²) in [6.45, 7) is 0. The number of benzene rings is 2. The van der Waals surface area contributed by atoms with Crippen molar-refractivity contribution in [2.75, 3.05) is 5.32 Å². The number of rotatable bonds is 3. The summed E-state index contributed by atoms with van der Waals surface area (Å²) in [6, 6.07) is 12.6. The Morgan fingerprint density at radius 1 is 1.10 bits per heavy atom. The van der Waals surface area contributed by atoms with E-state index in [9.17, 15) is 9.18 Å². The van der Waals surface area contributed by atoms with Gasteiger partial charge in [-0.25, -0.2) is 4.39 Å². The van der Waals surface area contributed by atoms with Crippen molar-refractivity contribution in [1.29, 1.82) is 0 Å². The van der Waals surface area contributed by atoms with Crippen molar-refractivity contribution >= 4 is 11.6 Å². The second kappa shape index (κ2) is 5.54. The van der Waals surface area contributed by atoms with Crippen LogP contribution in [0.3, 0.4) is 0 Å². The van der Waals surface area contributed by atoms with Crippen LogP contribution in [0.2, 0.25) is 0 Å². The zero-order chi connectivity index (χ0) is 14.7. The molecule has 3 rings (SSSR count). The van der Waals surface area contributed by atoms with Crippen LogP contribution in [0, 0.1) is 5.82 Å². The molecule has 1 heterocycles. The fourth-order valence-corrected chi connectivity index (χ4v) is 1.84. The molecule has 0 bridgehead atoms. The Kier molecular flexibility index (Phi) is 3.42. The molecule has 104 valence electrons. The van der Waals surface area contributed by atoms with Gasteiger partial charge in [0.1, 0.15) is 5.82 Å². The summed E-state index contributed by atoms with van der Waals surface area (Å²) in [5, 5.41) is 10.00. The van der Waals surface area contributed by atoms with Crippen molar-refractivity contribution in [3.05, 3.63) is 66.3 Å². The lowest BCUT2D eigenvalue weighted by molar-refractivity contribution is 0.102. The largest absolute Gasteiger partial charge is 0.423 e. The topological polar surface area (TPSA) is 68.0 Å². The maximum atomic E-state index is 13.5. The quantitative estimate of drug-likeness (QED) is 0.801. The number of nitrogens with one attached hydrogen (secondary N) is 1. The number of hydrogen-bond donors (Lipinski definition) is 1. The number of carbonyl (C=O) groups is 1. The van der Waals surface area contributed by atoms with Gasteiger partial charge < -0.3 is 9.73 Å². The van der Waals surface area contributed by atoms with Crippen molar-refractivity contribution in [3.63, 3.8) is 0 Å². The number of nitrogens with zero attached hydrogens (tertiary/aromatic N) is 2. The first-order chi connectivity index (χ1) is 10.2. The van der Waals surface area contributed by atoms with E-state index in [2.05, 4.69) is 15.5 Å². The van der Waals surface area contributed by atoms with Crippen LogP contribution < -0.4 is 5.32 Å². The van der Waals surface area contributed by atoms with Crippen molar-refractivity contribution < 1.29 is 13.6 Å². The highest BCUT2D eigenvalue weighted by atomic mass is 19.1. The maximum Gasteiger partial charge on any atom is 0.258 e. The summed E-state index contributed by atoms with van der Waals surface area (Å²) in [7, 11) is 0. The maximum absolute atomic E-state index is 13.5. The third-order valence-corrected chi connectivity index (χ3v) is 2.87. The first-order valence-corrected chi connectivity index (χ1v) is 6.16. The molecule has 0 unspecified atom stereocenters. The molecule has 6 heteroatoms. The third-order valence-electron chi connectivity index (χ3n) is 2.87. The van der Waals surface area contributed by atoms with Crippen LogP contribution in [0.5, 0.6) is 0 Å². The van der Waals surface area contributed by atoms with Crippen molar-refractivity contribution in [2.45, 2.75) is 0 Å². The number of amides is 1. The molecule has 1 amide bonds. The average molecular weight is 283 g/mol. The summed E-state index contributed by atoms with van der Waals surface area (Å²) in [4.78, 5) is 12.0. The van der Waals surface area contributed by atoms with Gasteiger partial charge in [-0.1, -0.05) is 12.1 Å². The number of hydrogen-bond acceptors (Lipinski definition) is 4. The second-order valence-corrected chi connectivity index (χ2v) is 4.26. The molecule has 0 aliphatic carbocycles. The molecule has 0 fully saturated rings. The number of halogens is 1. The van der Waals surface area contributed by atoms with Crippen LogP contribution in [0.25, 0.3) is 11.5 Å².